The molecule has 3 N–H and O–H groups in total. The summed E-state index contributed by atoms with van der Waals surface area (Å²) in [5.74, 6) is -0.604. The summed E-state index contributed by atoms with van der Waals surface area (Å²) in [4.78, 5) is 22.7. The van der Waals surface area contributed by atoms with Crippen molar-refractivity contribution >= 4 is 17.7 Å². The number of benzene rings is 1. The van der Waals surface area contributed by atoms with Gasteiger partial charge in [0.1, 0.15) is 11.3 Å². The average molecular weight is 266 g/mol. The average Bonchev–Trinajstić information content (AvgIpc) is 2.28. The minimum absolute atomic E-state index is 0.487. The van der Waals surface area contributed by atoms with Crippen molar-refractivity contribution in [3.63, 3.8) is 0 Å². The van der Waals surface area contributed by atoms with Gasteiger partial charge in [-0.2, -0.15) is 0 Å². The van der Waals surface area contributed by atoms with Gasteiger partial charge in [0.25, 0.3) is 0 Å². The maximum atomic E-state index is 11.8. The molecule has 0 aliphatic rings. The Balaban J connectivity index is 2.83. The van der Waals surface area contributed by atoms with E-state index in [2.05, 4.69) is 10.6 Å². The number of rotatable bonds is 4. The lowest BCUT2D eigenvalue weighted by Crippen LogP contribution is -2.51. The lowest BCUT2D eigenvalue weighted by atomic mass is 10.1. The Hall–Kier alpha value is -2.24. The second-order valence-corrected chi connectivity index (χ2v) is 4.71. The lowest BCUT2D eigenvalue weighted by molar-refractivity contribution is -0.142. The van der Waals surface area contributed by atoms with E-state index in [1.807, 2.05) is 13.0 Å². The molecule has 104 valence electrons. The van der Waals surface area contributed by atoms with Gasteiger partial charge < -0.3 is 20.5 Å². The van der Waals surface area contributed by atoms with Gasteiger partial charge in [0, 0.05) is 0 Å². The van der Waals surface area contributed by atoms with Crippen molar-refractivity contribution in [1.29, 1.82) is 0 Å². The predicted octanol–water partition coefficient (Wildman–Crippen LogP) is 1.99. The van der Waals surface area contributed by atoms with Gasteiger partial charge in [-0.15, -0.1) is 0 Å². The fourth-order valence-electron chi connectivity index (χ4n) is 1.41. The number of carboxylic acid groups (broad SMARTS) is 1. The van der Waals surface area contributed by atoms with Gasteiger partial charge in [0.2, 0.25) is 0 Å². The van der Waals surface area contributed by atoms with Crippen molar-refractivity contribution in [2.24, 2.45) is 0 Å². The van der Waals surface area contributed by atoms with E-state index >= 15 is 0 Å². The van der Waals surface area contributed by atoms with Crippen molar-refractivity contribution in [3.05, 3.63) is 23.8 Å². The molecular weight excluding hydrogens is 248 g/mol. The standard InChI is InChI=1S/C13H18N2O4/c1-8-5-6-10(19-4)9(7-8)14-12(18)15-13(2,3)11(16)17/h5-7H,1-4H3,(H,16,17)(H2,14,15,18). The third-order valence-corrected chi connectivity index (χ3v) is 2.56. The molecule has 2 amide bonds. The molecule has 1 aromatic carbocycles. The molecule has 0 aromatic heterocycles. The van der Waals surface area contributed by atoms with E-state index in [0.29, 0.717) is 11.4 Å². The number of carboxylic acids is 1. The second kappa shape index (κ2) is 5.60. The normalized spacial score (nSPS) is 10.7. The Morgan fingerprint density at radius 1 is 1.32 bits per heavy atom. The molecule has 6 nitrogen and oxygen atoms in total. The Kier molecular flexibility index (Phi) is 4.37. The molecule has 1 rings (SSSR count). The SMILES string of the molecule is COc1ccc(C)cc1NC(=O)NC(C)(C)C(=O)O. The van der Waals surface area contributed by atoms with Crippen molar-refractivity contribution in [1.82, 2.24) is 5.32 Å². The summed E-state index contributed by atoms with van der Waals surface area (Å²) in [6.45, 7) is 4.69. The quantitative estimate of drug-likeness (QED) is 0.777. The van der Waals surface area contributed by atoms with E-state index in [9.17, 15) is 9.59 Å². The first-order valence-corrected chi connectivity index (χ1v) is 5.73. The lowest BCUT2D eigenvalue weighted by Gasteiger charge is -2.21. The summed E-state index contributed by atoms with van der Waals surface area (Å²) < 4.78 is 5.12. The minimum atomic E-state index is -1.35. The highest BCUT2D eigenvalue weighted by Crippen LogP contribution is 2.25. The first-order chi connectivity index (χ1) is 8.76. The third-order valence-electron chi connectivity index (χ3n) is 2.56. The maximum Gasteiger partial charge on any atom is 0.328 e. The smallest absolute Gasteiger partial charge is 0.328 e. The van der Waals surface area contributed by atoms with Crippen LogP contribution < -0.4 is 15.4 Å². The Morgan fingerprint density at radius 2 is 1.95 bits per heavy atom. The monoisotopic (exact) mass is 266 g/mol. The zero-order chi connectivity index (χ0) is 14.6. The molecule has 19 heavy (non-hydrogen) atoms. The number of anilines is 1. The first kappa shape index (κ1) is 14.8. The van der Waals surface area contributed by atoms with E-state index in [1.54, 1.807) is 12.1 Å². The molecule has 0 atom stereocenters. The van der Waals surface area contributed by atoms with Crippen LogP contribution in [-0.4, -0.2) is 29.8 Å². The molecule has 0 aliphatic heterocycles. The number of urea groups is 1. The van der Waals surface area contributed by atoms with Gasteiger partial charge in [0.15, 0.2) is 0 Å². The van der Waals surface area contributed by atoms with Gasteiger partial charge in [-0.3, -0.25) is 0 Å². The van der Waals surface area contributed by atoms with Crippen molar-refractivity contribution in [3.8, 4) is 5.75 Å². The fraction of sp³-hybridized carbons (Fsp3) is 0.385. The van der Waals surface area contributed by atoms with E-state index < -0.39 is 17.5 Å². The van der Waals surface area contributed by atoms with E-state index in [-0.39, 0.29) is 0 Å². The van der Waals surface area contributed by atoms with Crippen LogP contribution in [0.15, 0.2) is 18.2 Å². The number of methoxy groups -OCH3 is 1. The highest BCUT2D eigenvalue weighted by atomic mass is 16.5. The van der Waals surface area contributed by atoms with Gasteiger partial charge in [0.05, 0.1) is 12.8 Å². The van der Waals surface area contributed by atoms with Crippen molar-refractivity contribution in [2.75, 3.05) is 12.4 Å². The number of ether oxygens (including phenoxy) is 1. The summed E-state index contributed by atoms with van der Waals surface area (Å²) in [5, 5.41) is 13.9. The van der Waals surface area contributed by atoms with Crippen LogP contribution in [0.25, 0.3) is 0 Å². The molecule has 0 saturated heterocycles. The summed E-state index contributed by atoms with van der Waals surface area (Å²) in [5.41, 5.74) is 0.0935. The molecule has 0 spiro atoms. The molecule has 0 radical (unpaired) electrons. The van der Waals surface area contributed by atoms with Gasteiger partial charge in [-0.05, 0) is 38.5 Å². The van der Waals surface area contributed by atoms with Gasteiger partial charge in [-0.25, -0.2) is 9.59 Å². The van der Waals surface area contributed by atoms with Crippen LogP contribution in [0.5, 0.6) is 5.75 Å². The van der Waals surface area contributed by atoms with Crippen LogP contribution in [0.4, 0.5) is 10.5 Å². The van der Waals surface area contributed by atoms with Crippen LogP contribution in [-0.2, 0) is 4.79 Å². The van der Waals surface area contributed by atoms with Crippen LogP contribution in [0.3, 0.4) is 0 Å². The number of carbonyl (C=O) groups excluding carboxylic acids is 1. The summed E-state index contributed by atoms with van der Waals surface area (Å²) in [6, 6.07) is 4.72. The Bertz CT molecular complexity index is 497. The maximum absolute atomic E-state index is 11.8. The van der Waals surface area contributed by atoms with Crippen LogP contribution >= 0.6 is 0 Å². The fourth-order valence-corrected chi connectivity index (χ4v) is 1.41. The van der Waals surface area contributed by atoms with Gasteiger partial charge >= 0.3 is 12.0 Å². The number of nitrogens with one attached hydrogen (secondary N) is 2. The van der Waals surface area contributed by atoms with E-state index in [0.717, 1.165) is 5.56 Å². The van der Waals surface area contributed by atoms with Crippen LogP contribution in [0.2, 0.25) is 0 Å². The molecule has 6 heteroatoms. The second-order valence-electron chi connectivity index (χ2n) is 4.71. The number of aryl methyl sites for hydroxylation is 1. The number of carbonyl (C=O) groups is 2. The number of aliphatic carboxylic acids is 1. The highest BCUT2D eigenvalue weighted by Gasteiger charge is 2.29. The highest BCUT2D eigenvalue weighted by molar-refractivity contribution is 5.94. The van der Waals surface area contributed by atoms with Gasteiger partial charge in [-0.1, -0.05) is 6.07 Å². The first-order valence-electron chi connectivity index (χ1n) is 5.73. The predicted molar refractivity (Wildman–Crippen MR) is 71.6 cm³/mol. The van der Waals surface area contributed by atoms with E-state index in [1.165, 1.54) is 21.0 Å². The minimum Gasteiger partial charge on any atom is -0.495 e. The summed E-state index contributed by atoms with van der Waals surface area (Å²) in [6.07, 6.45) is 0. The molecule has 0 bridgehead atoms. The topological polar surface area (TPSA) is 87.7 Å². The number of amides is 2. The van der Waals surface area contributed by atoms with Crippen molar-refractivity contribution in [2.45, 2.75) is 26.3 Å². The van der Waals surface area contributed by atoms with E-state index in [4.69, 9.17) is 9.84 Å². The molecule has 0 fully saturated rings. The molecule has 0 unspecified atom stereocenters. The Morgan fingerprint density at radius 3 is 2.47 bits per heavy atom. The number of hydrogen-bond donors (Lipinski definition) is 3. The molecular formula is C13H18N2O4. The molecule has 1 aromatic rings. The summed E-state index contributed by atoms with van der Waals surface area (Å²) in [7, 11) is 1.49. The zero-order valence-electron chi connectivity index (χ0n) is 11.4. The largest absolute Gasteiger partial charge is 0.495 e. The third kappa shape index (κ3) is 3.87. The molecule has 0 saturated carbocycles. The molecule has 0 heterocycles. The Labute approximate surface area is 111 Å². The van der Waals surface area contributed by atoms with Crippen molar-refractivity contribution < 1.29 is 19.4 Å². The van der Waals surface area contributed by atoms with Crippen LogP contribution in [0.1, 0.15) is 19.4 Å². The molecule has 0 aliphatic carbocycles. The number of hydrogen-bond acceptors (Lipinski definition) is 3. The zero-order valence-corrected chi connectivity index (χ0v) is 11.4. The van der Waals surface area contributed by atoms with Crippen LogP contribution in [0, 0.1) is 6.92 Å². The summed E-state index contributed by atoms with van der Waals surface area (Å²) >= 11 is 0.